The average molecular weight is 413 g/mol. The third-order valence-electron chi connectivity index (χ3n) is 3.91. The number of nitrogens with one attached hydrogen (secondary N) is 1. The molecule has 0 saturated carbocycles. The van der Waals surface area contributed by atoms with Crippen molar-refractivity contribution in [3.8, 4) is 5.75 Å². The third kappa shape index (κ3) is 6.93. The van der Waals surface area contributed by atoms with Gasteiger partial charge in [-0.1, -0.05) is 43.0 Å². The highest BCUT2D eigenvalue weighted by Gasteiger charge is 2.27. The van der Waals surface area contributed by atoms with Crippen LogP contribution in [0.25, 0.3) is 0 Å². The van der Waals surface area contributed by atoms with Crippen LogP contribution in [-0.4, -0.2) is 59.2 Å². The molecule has 1 aromatic heterocycles. The van der Waals surface area contributed by atoms with Gasteiger partial charge in [0.15, 0.2) is 0 Å². The molecule has 2 amide bonds. The van der Waals surface area contributed by atoms with Gasteiger partial charge in [0, 0.05) is 13.2 Å². The van der Waals surface area contributed by atoms with Crippen molar-refractivity contribution in [3.63, 3.8) is 0 Å². The Hall–Kier alpha value is -3.88. The Balaban J connectivity index is 2.02. The fourth-order valence-electron chi connectivity index (χ4n) is 2.45. The molecular weight excluding hydrogens is 390 g/mol. The Labute approximate surface area is 173 Å². The van der Waals surface area contributed by atoms with Gasteiger partial charge in [-0.2, -0.15) is 0 Å². The number of hydrogen-bond donors (Lipinski definition) is 2. The molecule has 0 spiro atoms. The minimum Gasteiger partial charge on any atom is -0.506 e. The van der Waals surface area contributed by atoms with Crippen LogP contribution in [0, 0.1) is 0 Å². The average Bonchev–Trinajstić information content (AvgIpc) is 2.75. The lowest BCUT2D eigenvalue weighted by Gasteiger charge is -2.23. The van der Waals surface area contributed by atoms with Gasteiger partial charge in [0.05, 0.1) is 18.3 Å². The van der Waals surface area contributed by atoms with E-state index >= 15 is 0 Å². The van der Waals surface area contributed by atoms with Gasteiger partial charge in [-0.3, -0.25) is 9.78 Å². The number of rotatable bonds is 9. The van der Waals surface area contributed by atoms with Gasteiger partial charge in [0.2, 0.25) is 0 Å². The third-order valence-corrected chi connectivity index (χ3v) is 3.91. The largest absolute Gasteiger partial charge is 0.506 e. The van der Waals surface area contributed by atoms with Gasteiger partial charge < -0.3 is 24.8 Å². The molecule has 0 saturated heterocycles. The lowest BCUT2D eigenvalue weighted by molar-refractivity contribution is -0.145. The molecule has 30 heavy (non-hydrogen) atoms. The number of carbonyl (C=O) groups excluding carboxylic acids is 3. The highest BCUT2D eigenvalue weighted by Crippen LogP contribution is 2.11. The second-order valence-electron chi connectivity index (χ2n) is 6.29. The van der Waals surface area contributed by atoms with Crippen LogP contribution in [0.1, 0.15) is 15.9 Å². The molecule has 2 N–H and O–H groups in total. The van der Waals surface area contributed by atoms with E-state index in [1.54, 1.807) is 12.1 Å². The number of pyridine rings is 1. The number of carbonyl (C=O) groups is 3. The normalized spacial score (nSPS) is 11.1. The van der Waals surface area contributed by atoms with Crippen molar-refractivity contribution in [2.24, 2.45) is 0 Å². The van der Waals surface area contributed by atoms with Crippen molar-refractivity contribution in [2.45, 2.75) is 12.6 Å². The van der Waals surface area contributed by atoms with Crippen LogP contribution in [0.5, 0.6) is 5.75 Å². The number of hydrogen-bond acceptors (Lipinski definition) is 7. The summed E-state index contributed by atoms with van der Waals surface area (Å²) in [6.07, 6.45) is 3.02. The minimum atomic E-state index is -1.17. The summed E-state index contributed by atoms with van der Waals surface area (Å²) in [4.78, 5) is 42.0. The van der Waals surface area contributed by atoms with E-state index < -0.39 is 24.0 Å². The van der Waals surface area contributed by atoms with Crippen LogP contribution in [0.15, 0.2) is 61.4 Å². The van der Waals surface area contributed by atoms with Crippen molar-refractivity contribution in [3.05, 3.63) is 72.6 Å². The molecule has 0 aliphatic heterocycles. The number of esters is 1. The zero-order valence-electron chi connectivity index (χ0n) is 16.5. The lowest BCUT2D eigenvalue weighted by atomic mass is 10.2. The topological polar surface area (TPSA) is 118 Å². The van der Waals surface area contributed by atoms with Crippen LogP contribution in [0.2, 0.25) is 0 Å². The van der Waals surface area contributed by atoms with E-state index in [4.69, 9.17) is 9.47 Å². The zero-order chi connectivity index (χ0) is 21.9. The molecule has 1 atom stereocenters. The molecule has 0 unspecified atom stereocenters. The van der Waals surface area contributed by atoms with Crippen LogP contribution in [-0.2, 0) is 20.9 Å². The first kappa shape index (κ1) is 22.4. The van der Waals surface area contributed by atoms with Crippen molar-refractivity contribution < 1.29 is 29.0 Å². The summed E-state index contributed by atoms with van der Waals surface area (Å²) < 4.78 is 10.1. The van der Waals surface area contributed by atoms with E-state index in [9.17, 15) is 19.5 Å². The summed E-state index contributed by atoms with van der Waals surface area (Å²) in [6, 6.07) is 9.11. The number of likely N-dealkylation sites (N-methyl/N-ethyl adjacent to an activating group) is 1. The van der Waals surface area contributed by atoms with E-state index in [-0.39, 0.29) is 31.1 Å². The SMILES string of the molecule is C=CCOC(=O)[C@H](CN(C)C(=O)c1cncc(O)c1)NC(=O)OCc1ccccc1. The number of alkyl carbamates (subject to hydrolysis) is 1. The molecule has 1 heterocycles. The van der Waals surface area contributed by atoms with Gasteiger partial charge in [0.25, 0.3) is 5.91 Å². The summed E-state index contributed by atoms with van der Waals surface area (Å²) in [5, 5.41) is 11.9. The van der Waals surface area contributed by atoms with Gasteiger partial charge in [-0.25, -0.2) is 9.59 Å². The summed E-state index contributed by atoms with van der Waals surface area (Å²) in [7, 11) is 1.44. The summed E-state index contributed by atoms with van der Waals surface area (Å²) in [5.74, 6) is -1.42. The van der Waals surface area contributed by atoms with E-state index in [0.29, 0.717) is 0 Å². The van der Waals surface area contributed by atoms with Gasteiger partial charge in [0.1, 0.15) is 25.0 Å². The molecule has 9 nitrogen and oxygen atoms in total. The number of aromatic nitrogens is 1. The lowest BCUT2D eigenvalue weighted by Crippen LogP contribution is -2.49. The first-order chi connectivity index (χ1) is 14.4. The first-order valence-corrected chi connectivity index (χ1v) is 9.05. The molecule has 0 aliphatic rings. The summed E-state index contributed by atoms with van der Waals surface area (Å²) >= 11 is 0. The summed E-state index contributed by atoms with van der Waals surface area (Å²) in [5.41, 5.74) is 0.907. The number of aromatic hydroxyl groups is 1. The second-order valence-corrected chi connectivity index (χ2v) is 6.29. The van der Waals surface area contributed by atoms with Crippen molar-refractivity contribution in [1.82, 2.24) is 15.2 Å². The Morgan fingerprint density at radius 1 is 1.23 bits per heavy atom. The number of benzene rings is 1. The Bertz CT molecular complexity index is 887. The number of ether oxygens (including phenoxy) is 2. The molecule has 1 aromatic carbocycles. The smallest absolute Gasteiger partial charge is 0.408 e. The fraction of sp³-hybridized carbons (Fsp3) is 0.238. The Kier molecular flexibility index (Phi) is 8.37. The molecule has 2 aromatic rings. The van der Waals surface area contributed by atoms with Crippen LogP contribution < -0.4 is 5.32 Å². The number of nitrogens with zero attached hydrogens (tertiary/aromatic N) is 2. The van der Waals surface area contributed by atoms with Crippen molar-refractivity contribution in [1.29, 1.82) is 0 Å². The molecule has 2 rings (SSSR count). The van der Waals surface area contributed by atoms with Gasteiger partial charge in [-0.05, 0) is 11.6 Å². The van der Waals surface area contributed by atoms with E-state index in [1.807, 2.05) is 18.2 Å². The first-order valence-electron chi connectivity index (χ1n) is 9.05. The summed E-state index contributed by atoms with van der Waals surface area (Å²) in [6.45, 7) is 3.25. The highest BCUT2D eigenvalue weighted by atomic mass is 16.6. The van der Waals surface area contributed by atoms with Crippen LogP contribution in [0.4, 0.5) is 4.79 Å². The quantitative estimate of drug-likeness (QED) is 0.476. The van der Waals surface area contributed by atoms with E-state index in [1.165, 1.54) is 36.5 Å². The zero-order valence-corrected chi connectivity index (χ0v) is 16.5. The predicted octanol–water partition coefficient (Wildman–Crippen LogP) is 1.88. The van der Waals surface area contributed by atoms with Crippen LogP contribution >= 0.6 is 0 Å². The molecule has 158 valence electrons. The van der Waals surface area contributed by atoms with E-state index in [2.05, 4.69) is 16.9 Å². The maximum Gasteiger partial charge on any atom is 0.408 e. The Morgan fingerprint density at radius 3 is 2.63 bits per heavy atom. The molecule has 0 aliphatic carbocycles. The monoisotopic (exact) mass is 413 g/mol. The predicted molar refractivity (Wildman–Crippen MR) is 108 cm³/mol. The second kappa shape index (κ2) is 11.2. The maximum atomic E-state index is 12.5. The molecular formula is C21H23N3O6. The van der Waals surface area contributed by atoms with Crippen LogP contribution in [0.3, 0.4) is 0 Å². The van der Waals surface area contributed by atoms with E-state index in [0.717, 1.165) is 5.56 Å². The Morgan fingerprint density at radius 2 is 1.97 bits per heavy atom. The van der Waals surface area contributed by atoms with Gasteiger partial charge >= 0.3 is 12.1 Å². The molecule has 0 radical (unpaired) electrons. The fourth-order valence-corrected chi connectivity index (χ4v) is 2.45. The molecule has 0 bridgehead atoms. The standard InChI is InChI=1S/C21H23N3O6/c1-3-9-29-20(27)18(23-21(28)30-14-15-7-5-4-6-8-15)13-24(2)19(26)16-10-17(25)12-22-11-16/h3-8,10-12,18,25H,1,9,13-14H2,2H3,(H,23,28)/t18-/m0/s1. The highest BCUT2D eigenvalue weighted by molar-refractivity contribution is 5.94. The molecule has 9 heteroatoms. The van der Waals surface area contributed by atoms with Crippen molar-refractivity contribution in [2.75, 3.05) is 20.2 Å². The maximum absolute atomic E-state index is 12.5. The molecule has 0 fully saturated rings. The number of amides is 2. The minimum absolute atomic E-state index is 0.0187. The van der Waals surface area contributed by atoms with Crippen molar-refractivity contribution >= 4 is 18.0 Å². The van der Waals surface area contributed by atoms with Gasteiger partial charge in [-0.15, -0.1) is 0 Å².